The Morgan fingerprint density at radius 3 is 2.42 bits per heavy atom. The predicted octanol–water partition coefficient (Wildman–Crippen LogP) is 2.78. The molecule has 1 atom stereocenters. The van der Waals surface area contributed by atoms with Crippen molar-refractivity contribution >= 4 is 21.6 Å². The maximum atomic E-state index is 13.0. The molecule has 0 spiro atoms. The summed E-state index contributed by atoms with van der Waals surface area (Å²) in [7, 11) is -3.76. The number of hydrogen-bond acceptors (Lipinski definition) is 3. The van der Waals surface area contributed by atoms with Crippen LogP contribution in [-0.2, 0) is 14.8 Å². The number of para-hydroxylation sites is 1. The summed E-state index contributed by atoms with van der Waals surface area (Å²) in [6.07, 6.45) is 0.790. The van der Waals surface area contributed by atoms with Gasteiger partial charge in [0.1, 0.15) is 6.54 Å². The highest BCUT2D eigenvalue weighted by Crippen LogP contribution is 2.42. The number of nitrogens with one attached hydrogen (secondary N) is 1. The number of nitrogens with zero attached hydrogens (tertiary/aromatic N) is 1. The molecular weight excluding hydrogens is 324 g/mol. The van der Waals surface area contributed by atoms with Gasteiger partial charge >= 0.3 is 0 Å². The number of sulfonamides is 1. The third kappa shape index (κ3) is 2.78. The van der Waals surface area contributed by atoms with Gasteiger partial charge in [-0.2, -0.15) is 0 Å². The van der Waals surface area contributed by atoms with Gasteiger partial charge < -0.3 is 5.32 Å². The van der Waals surface area contributed by atoms with Gasteiger partial charge in [0.25, 0.3) is 10.0 Å². The molecule has 2 aromatic rings. The van der Waals surface area contributed by atoms with E-state index in [4.69, 9.17) is 0 Å². The average molecular weight is 344 g/mol. The lowest BCUT2D eigenvalue weighted by Gasteiger charge is -2.31. The van der Waals surface area contributed by atoms with Crippen molar-refractivity contribution in [2.45, 2.75) is 31.2 Å². The second-order valence-electron chi connectivity index (χ2n) is 5.90. The van der Waals surface area contributed by atoms with Crippen molar-refractivity contribution in [2.24, 2.45) is 0 Å². The molecule has 2 aromatic carbocycles. The van der Waals surface area contributed by atoms with Crippen molar-refractivity contribution in [1.82, 2.24) is 5.32 Å². The Kier molecular flexibility index (Phi) is 4.32. The summed E-state index contributed by atoms with van der Waals surface area (Å²) >= 11 is 0. The van der Waals surface area contributed by atoms with Crippen LogP contribution in [0.25, 0.3) is 11.1 Å². The first-order valence-electron chi connectivity index (χ1n) is 7.95. The van der Waals surface area contributed by atoms with Crippen LogP contribution >= 0.6 is 0 Å². The number of hydrogen-bond donors (Lipinski definition) is 1. The number of carbonyl (C=O) groups is 1. The molecule has 1 aliphatic heterocycles. The molecule has 1 aliphatic rings. The van der Waals surface area contributed by atoms with E-state index in [2.05, 4.69) is 5.32 Å². The number of carbonyl (C=O) groups excluding carboxylic acids is 1. The van der Waals surface area contributed by atoms with E-state index in [1.807, 2.05) is 32.0 Å². The van der Waals surface area contributed by atoms with Gasteiger partial charge in [-0.25, -0.2) is 8.42 Å². The van der Waals surface area contributed by atoms with Crippen LogP contribution in [-0.4, -0.2) is 26.9 Å². The summed E-state index contributed by atoms with van der Waals surface area (Å²) < 4.78 is 27.2. The van der Waals surface area contributed by atoms with Gasteiger partial charge in [0.15, 0.2) is 0 Å². The van der Waals surface area contributed by atoms with Crippen LogP contribution in [0.3, 0.4) is 0 Å². The quantitative estimate of drug-likeness (QED) is 0.927. The van der Waals surface area contributed by atoms with E-state index in [-0.39, 0.29) is 23.4 Å². The highest BCUT2D eigenvalue weighted by atomic mass is 32.2. The largest absolute Gasteiger partial charge is 0.352 e. The Morgan fingerprint density at radius 2 is 1.71 bits per heavy atom. The van der Waals surface area contributed by atoms with E-state index in [0.717, 1.165) is 12.0 Å². The third-order valence-electron chi connectivity index (χ3n) is 4.22. The van der Waals surface area contributed by atoms with E-state index in [9.17, 15) is 13.2 Å². The van der Waals surface area contributed by atoms with E-state index in [1.54, 1.807) is 30.3 Å². The zero-order valence-corrected chi connectivity index (χ0v) is 14.5. The molecule has 126 valence electrons. The molecule has 0 saturated carbocycles. The van der Waals surface area contributed by atoms with Gasteiger partial charge in [0.05, 0.1) is 10.6 Å². The second kappa shape index (κ2) is 6.28. The monoisotopic (exact) mass is 344 g/mol. The first kappa shape index (κ1) is 16.5. The van der Waals surface area contributed by atoms with E-state index >= 15 is 0 Å². The molecule has 1 amide bonds. The third-order valence-corrected chi connectivity index (χ3v) is 6.04. The maximum Gasteiger partial charge on any atom is 0.265 e. The highest BCUT2D eigenvalue weighted by molar-refractivity contribution is 7.93. The summed E-state index contributed by atoms with van der Waals surface area (Å²) in [6.45, 7) is 3.64. The maximum absolute atomic E-state index is 13.0. The van der Waals surface area contributed by atoms with Crippen LogP contribution < -0.4 is 9.62 Å². The zero-order chi connectivity index (χ0) is 17.3. The zero-order valence-electron chi connectivity index (χ0n) is 13.7. The van der Waals surface area contributed by atoms with Crippen LogP contribution in [0.4, 0.5) is 5.69 Å². The first-order valence-corrected chi connectivity index (χ1v) is 9.39. The first-order chi connectivity index (χ1) is 11.4. The van der Waals surface area contributed by atoms with Crippen molar-refractivity contribution in [2.75, 3.05) is 10.8 Å². The molecule has 0 aliphatic carbocycles. The molecule has 0 aromatic heterocycles. The van der Waals surface area contributed by atoms with Gasteiger partial charge in [-0.1, -0.05) is 43.3 Å². The molecule has 5 nitrogen and oxygen atoms in total. The van der Waals surface area contributed by atoms with Crippen molar-refractivity contribution in [1.29, 1.82) is 0 Å². The van der Waals surface area contributed by atoms with E-state index in [1.165, 1.54) is 4.31 Å². The molecule has 0 fully saturated rings. The molecule has 6 heteroatoms. The van der Waals surface area contributed by atoms with Gasteiger partial charge in [0, 0.05) is 17.2 Å². The van der Waals surface area contributed by atoms with Crippen LogP contribution in [0.5, 0.6) is 0 Å². The summed E-state index contributed by atoms with van der Waals surface area (Å²) in [4.78, 5) is 12.5. The molecule has 24 heavy (non-hydrogen) atoms. The molecule has 0 radical (unpaired) electrons. The standard InChI is InChI=1S/C18H20N2O3S/c1-3-13(2)19-18(21)12-20-16-10-6-4-8-14(16)15-9-5-7-11-17(15)24(20,22)23/h4-11,13H,3,12H2,1-2H3,(H,19,21)/t13-/m1/s1. The lowest BCUT2D eigenvalue weighted by Crippen LogP contribution is -2.44. The van der Waals surface area contributed by atoms with E-state index in [0.29, 0.717) is 11.3 Å². The van der Waals surface area contributed by atoms with Crippen molar-refractivity contribution < 1.29 is 13.2 Å². The minimum absolute atomic E-state index is 0.00697. The molecule has 0 bridgehead atoms. The molecule has 0 saturated heterocycles. The Morgan fingerprint density at radius 1 is 1.08 bits per heavy atom. The number of benzene rings is 2. The van der Waals surface area contributed by atoms with Crippen LogP contribution in [0.2, 0.25) is 0 Å². The fraction of sp³-hybridized carbons (Fsp3) is 0.278. The van der Waals surface area contributed by atoms with Crippen molar-refractivity contribution in [3.63, 3.8) is 0 Å². The SMILES string of the molecule is CC[C@@H](C)NC(=O)CN1c2ccccc2-c2ccccc2S1(=O)=O. The summed E-state index contributed by atoms with van der Waals surface area (Å²) in [5.41, 5.74) is 2.03. The molecular formula is C18H20N2O3S. The van der Waals surface area contributed by atoms with Crippen LogP contribution in [0.15, 0.2) is 53.4 Å². The Bertz CT molecular complexity index is 877. The molecule has 1 heterocycles. The van der Waals surface area contributed by atoms with E-state index < -0.39 is 10.0 Å². The lowest BCUT2D eigenvalue weighted by molar-refractivity contribution is -0.120. The topological polar surface area (TPSA) is 66.5 Å². The Labute approximate surface area is 142 Å². The minimum atomic E-state index is -3.76. The highest BCUT2D eigenvalue weighted by Gasteiger charge is 2.35. The smallest absolute Gasteiger partial charge is 0.265 e. The summed E-state index contributed by atoms with van der Waals surface area (Å²) in [5.74, 6) is -0.304. The molecule has 0 unspecified atom stereocenters. The number of amides is 1. The molecule has 3 rings (SSSR count). The van der Waals surface area contributed by atoms with Crippen molar-refractivity contribution in [3.05, 3.63) is 48.5 Å². The van der Waals surface area contributed by atoms with Crippen LogP contribution in [0, 0.1) is 0 Å². The normalized spacial score (nSPS) is 16.0. The average Bonchev–Trinajstić information content (AvgIpc) is 2.58. The minimum Gasteiger partial charge on any atom is -0.352 e. The fourth-order valence-electron chi connectivity index (χ4n) is 2.80. The second-order valence-corrected chi connectivity index (χ2v) is 7.73. The van der Waals surface area contributed by atoms with Gasteiger partial charge in [-0.15, -0.1) is 0 Å². The van der Waals surface area contributed by atoms with Crippen molar-refractivity contribution in [3.8, 4) is 11.1 Å². The van der Waals surface area contributed by atoms with Crippen LogP contribution in [0.1, 0.15) is 20.3 Å². The number of anilines is 1. The summed E-state index contributed by atoms with van der Waals surface area (Å²) in [6, 6.07) is 14.2. The lowest BCUT2D eigenvalue weighted by atomic mass is 10.0. The van der Waals surface area contributed by atoms with Gasteiger partial charge in [-0.3, -0.25) is 9.10 Å². The Hall–Kier alpha value is -2.34. The molecule has 1 N–H and O–H groups in total. The van der Waals surface area contributed by atoms with Gasteiger partial charge in [0.2, 0.25) is 5.91 Å². The number of rotatable bonds is 4. The Balaban J connectivity index is 2.06. The number of fused-ring (bicyclic) bond motifs is 3. The van der Waals surface area contributed by atoms with Gasteiger partial charge in [-0.05, 0) is 25.5 Å². The predicted molar refractivity (Wildman–Crippen MR) is 94.3 cm³/mol. The fourth-order valence-corrected chi connectivity index (χ4v) is 4.45. The summed E-state index contributed by atoms with van der Waals surface area (Å²) in [5, 5.41) is 2.82.